The van der Waals surface area contributed by atoms with Crippen LogP contribution in [0.4, 0.5) is 0 Å². The van der Waals surface area contributed by atoms with E-state index in [0.29, 0.717) is 6.04 Å². The Labute approximate surface area is 134 Å². The molecule has 1 atom stereocenters. The lowest BCUT2D eigenvalue weighted by Crippen LogP contribution is -2.17. The Hall–Kier alpha value is -0.830. The van der Waals surface area contributed by atoms with E-state index >= 15 is 0 Å². The van der Waals surface area contributed by atoms with Gasteiger partial charge in [0.2, 0.25) is 0 Å². The van der Waals surface area contributed by atoms with E-state index in [9.17, 15) is 0 Å². The first-order valence-corrected chi connectivity index (χ1v) is 8.04. The van der Waals surface area contributed by atoms with Crippen molar-refractivity contribution in [1.29, 1.82) is 0 Å². The van der Waals surface area contributed by atoms with E-state index < -0.39 is 0 Å². The number of benzene rings is 2. The molecule has 0 heterocycles. The van der Waals surface area contributed by atoms with Crippen molar-refractivity contribution in [2.24, 2.45) is 0 Å². The Balaban J connectivity index is 1.95. The first kappa shape index (κ1) is 15.6. The second-order valence-corrected chi connectivity index (χ2v) is 6.18. The average Bonchev–Trinajstić information content (AvgIpc) is 2.46. The molecule has 2 rings (SSSR count). The molecule has 0 saturated heterocycles. The highest BCUT2D eigenvalue weighted by atomic mass is 79.9. The van der Waals surface area contributed by atoms with E-state index in [1.165, 1.54) is 11.1 Å². The van der Waals surface area contributed by atoms with Crippen molar-refractivity contribution in [3.05, 3.63) is 69.2 Å². The van der Waals surface area contributed by atoms with Gasteiger partial charge in [0.15, 0.2) is 0 Å². The molecule has 0 radical (unpaired) electrons. The third-order valence-corrected chi connectivity index (χ3v) is 4.41. The Morgan fingerprint density at radius 3 is 2.55 bits per heavy atom. The van der Waals surface area contributed by atoms with Crippen LogP contribution in [0.3, 0.4) is 0 Å². The second kappa shape index (κ2) is 7.82. The maximum absolute atomic E-state index is 6.00. The van der Waals surface area contributed by atoms with Crippen molar-refractivity contribution in [1.82, 2.24) is 5.32 Å². The summed E-state index contributed by atoms with van der Waals surface area (Å²) in [5.41, 5.74) is 2.67. The van der Waals surface area contributed by atoms with Gasteiger partial charge >= 0.3 is 0 Å². The molecule has 1 N–H and O–H groups in total. The number of hydrogen-bond acceptors (Lipinski definition) is 1. The van der Waals surface area contributed by atoms with Crippen molar-refractivity contribution in [2.75, 3.05) is 7.05 Å². The molecule has 0 fully saturated rings. The summed E-state index contributed by atoms with van der Waals surface area (Å²) in [4.78, 5) is 0. The monoisotopic (exact) mass is 351 g/mol. The van der Waals surface area contributed by atoms with Crippen LogP contribution in [0.2, 0.25) is 5.02 Å². The number of aryl methyl sites for hydroxylation is 1. The molecule has 0 spiro atoms. The van der Waals surface area contributed by atoms with E-state index in [1.54, 1.807) is 0 Å². The minimum absolute atomic E-state index is 0.352. The maximum Gasteiger partial charge on any atom is 0.0417 e. The van der Waals surface area contributed by atoms with Crippen molar-refractivity contribution in [2.45, 2.75) is 25.3 Å². The zero-order chi connectivity index (χ0) is 14.4. The summed E-state index contributed by atoms with van der Waals surface area (Å²) < 4.78 is 1.07. The largest absolute Gasteiger partial charge is 0.313 e. The van der Waals surface area contributed by atoms with Gasteiger partial charge in [-0.1, -0.05) is 63.9 Å². The van der Waals surface area contributed by atoms with Gasteiger partial charge in [0.1, 0.15) is 0 Å². The number of rotatable bonds is 6. The summed E-state index contributed by atoms with van der Waals surface area (Å²) in [6.07, 6.45) is 3.38. The SMILES string of the molecule is CNC(CCCc1ccccc1)c1ccc(Cl)cc1Br. The molecule has 0 aliphatic carbocycles. The molecule has 0 aromatic heterocycles. The van der Waals surface area contributed by atoms with Crippen LogP contribution >= 0.6 is 27.5 Å². The minimum Gasteiger partial charge on any atom is -0.313 e. The highest BCUT2D eigenvalue weighted by molar-refractivity contribution is 9.10. The summed E-state index contributed by atoms with van der Waals surface area (Å²) in [6, 6.07) is 17.0. The number of halogens is 2. The topological polar surface area (TPSA) is 12.0 Å². The predicted octanol–water partition coefficient (Wildman–Crippen LogP) is 5.39. The molecular formula is C17H19BrClN. The van der Waals surface area contributed by atoms with Crippen molar-refractivity contribution in [3.63, 3.8) is 0 Å². The predicted molar refractivity (Wildman–Crippen MR) is 90.3 cm³/mol. The first-order chi connectivity index (χ1) is 9.70. The molecule has 0 amide bonds. The Morgan fingerprint density at radius 1 is 1.15 bits per heavy atom. The van der Waals surface area contributed by atoms with Crippen LogP contribution in [-0.4, -0.2) is 7.05 Å². The molecule has 2 aromatic carbocycles. The van der Waals surface area contributed by atoms with E-state index in [0.717, 1.165) is 28.8 Å². The van der Waals surface area contributed by atoms with Crippen LogP contribution in [0.15, 0.2) is 53.0 Å². The van der Waals surface area contributed by atoms with Crippen molar-refractivity contribution in [3.8, 4) is 0 Å². The minimum atomic E-state index is 0.352. The van der Waals surface area contributed by atoms with E-state index in [4.69, 9.17) is 11.6 Å². The van der Waals surface area contributed by atoms with Gasteiger partial charge in [-0.15, -0.1) is 0 Å². The van der Waals surface area contributed by atoms with Crippen LogP contribution in [0.25, 0.3) is 0 Å². The molecule has 20 heavy (non-hydrogen) atoms. The fraction of sp³-hybridized carbons (Fsp3) is 0.294. The van der Waals surface area contributed by atoms with Gasteiger partial charge in [-0.3, -0.25) is 0 Å². The summed E-state index contributed by atoms with van der Waals surface area (Å²) in [5, 5.41) is 4.16. The van der Waals surface area contributed by atoms with E-state index in [-0.39, 0.29) is 0 Å². The van der Waals surface area contributed by atoms with Gasteiger partial charge in [0.25, 0.3) is 0 Å². The van der Waals surface area contributed by atoms with Crippen LogP contribution in [0, 0.1) is 0 Å². The van der Waals surface area contributed by atoms with Gasteiger partial charge < -0.3 is 5.32 Å². The zero-order valence-corrected chi connectivity index (χ0v) is 13.9. The first-order valence-electron chi connectivity index (χ1n) is 6.87. The third kappa shape index (κ3) is 4.34. The van der Waals surface area contributed by atoms with Crippen LogP contribution in [0.5, 0.6) is 0 Å². The van der Waals surface area contributed by atoms with Crippen LogP contribution < -0.4 is 5.32 Å². The Morgan fingerprint density at radius 2 is 1.90 bits per heavy atom. The summed E-state index contributed by atoms with van der Waals surface area (Å²) in [6.45, 7) is 0. The molecule has 1 unspecified atom stereocenters. The van der Waals surface area contributed by atoms with E-state index in [2.05, 4.69) is 57.6 Å². The highest BCUT2D eigenvalue weighted by Gasteiger charge is 2.12. The zero-order valence-electron chi connectivity index (χ0n) is 11.6. The van der Waals surface area contributed by atoms with Gasteiger partial charge in [-0.2, -0.15) is 0 Å². The van der Waals surface area contributed by atoms with Gasteiger partial charge in [-0.05, 0) is 49.6 Å². The summed E-state index contributed by atoms with van der Waals surface area (Å²) >= 11 is 9.60. The fourth-order valence-electron chi connectivity index (χ4n) is 2.39. The third-order valence-electron chi connectivity index (χ3n) is 3.49. The number of nitrogens with one attached hydrogen (secondary N) is 1. The molecular weight excluding hydrogens is 334 g/mol. The lowest BCUT2D eigenvalue weighted by Gasteiger charge is -2.18. The second-order valence-electron chi connectivity index (χ2n) is 4.88. The van der Waals surface area contributed by atoms with Gasteiger partial charge in [-0.25, -0.2) is 0 Å². The van der Waals surface area contributed by atoms with E-state index in [1.807, 2.05) is 19.2 Å². The van der Waals surface area contributed by atoms with Crippen LogP contribution in [-0.2, 0) is 6.42 Å². The molecule has 3 heteroatoms. The average molecular weight is 353 g/mol. The molecule has 0 bridgehead atoms. The molecule has 0 aliphatic rings. The van der Waals surface area contributed by atoms with Gasteiger partial charge in [0, 0.05) is 15.5 Å². The van der Waals surface area contributed by atoms with Crippen LogP contribution in [0.1, 0.15) is 30.0 Å². The quantitative estimate of drug-likeness (QED) is 0.735. The number of hydrogen-bond donors (Lipinski definition) is 1. The summed E-state index contributed by atoms with van der Waals surface area (Å²) in [5.74, 6) is 0. The highest BCUT2D eigenvalue weighted by Crippen LogP contribution is 2.29. The normalized spacial score (nSPS) is 12.3. The Bertz CT molecular complexity index is 542. The smallest absolute Gasteiger partial charge is 0.0417 e. The lowest BCUT2D eigenvalue weighted by molar-refractivity contribution is 0.525. The molecule has 1 nitrogen and oxygen atoms in total. The van der Waals surface area contributed by atoms with Crippen molar-refractivity contribution >= 4 is 27.5 Å². The molecule has 106 valence electrons. The fourth-order valence-corrected chi connectivity index (χ4v) is 3.35. The maximum atomic E-state index is 6.00. The molecule has 2 aromatic rings. The standard InChI is InChI=1S/C17H19BrClN/c1-20-17(15-11-10-14(19)12-16(15)18)9-5-8-13-6-3-2-4-7-13/h2-4,6-7,10-12,17,20H,5,8-9H2,1H3. The Kier molecular flexibility index (Phi) is 6.08. The lowest BCUT2D eigenvalue weighted by atomic mass is 9.99. The molecule has 0 saturated carbocycles. The van der Waals surface area contributed by atoms with Crippen molar-refractivity contribution < 1.29 is 0 Å². The molecule has 0 aliphatic heterocycles. The summed E-state index contributed by atoms with van der Waals surface area (Å²) in [7, 11) is 2.01. The van der Waals surface area contributed by atoms with Gasteiger partial charge in [0.05, 0.1) is 0 Å².